The average Bonchev–Trinajstić information content (AvgIpc) is 2.28. The Labute approximate surface area is 127 Å². The van der Waals surface area contributed by atoms with E-state index >= 15 is 0 Å². The molecule has 0 saturated carbocycles. The molecule has 0 unspecified atom stereocenters. The van der Waals surface area contributed by atoms with Crippen molar-refractivity contribution >= 4 is 23.9 Å². The minimum atomic E-state index is -0.833. The smallest absolute Gasteiger partial charge is 0.300 e. The molecular weight excluding hydrogens is 308 g/mol. The fourth-order valence-corrected chi connectivity index (χ4v) is 0. The van der Waals surface area contributed by atoms with Crippen LogP contribution in [0.25, 0.3) is 0 Å². The van der Waals surface area contributed by atoms with E-state index in [-0.39, 0.29) is 0 Å². The third-order valence-electron chi connectivity index (χ3n) is 0.167. The molecule has 22 heavy (non-hydrogen) atoms. The predicted molar refractivity (Wildman–Crippen MR) is 76.6 cm³/mol. The van der Waals surface area contributed by atoms with Crippen LogP contribution in [0.4, 0.5) is 0 Å². The summed E-state index contributed by atoms with van der Waals surface area (Å²) in [6.45, 7) is 5.53. The summed E-state index contributed by atoms with van der Waals surface area (Å²) in [5.74, 6) is -3.33. The molecule has 0 rings (SSSR count). The zero-order chi connectivity index (χ0) is 19.7. The van der Waals surface area contributed by atoms with Gasteiger partial charge in [0.05, 0.1) is 0 Å². The molecule has 12 nitrogen and oxygen atoms in total. The van der Waals surface area contributed by atoms with Crippen LogP contribution in [0.1, 0.15) is 27.7 Å². The summed E-state index contributed by atoms with van der Waals surface area (Å²) in [7, 11) is 0. The molecule has 0 amide bonds. The number of rotatable bonds is 1. The zero-order valence-corrected chi connectivity index (χ0v) is 12.9. The SMILES string of the molecule is CC(=O)O.CC(=O)O.CC(=O)O.CC(=O)O.NCCN.OO. The van der Waals surface area contributed by atoms with E-state index in [1.165, 1.54) is 0 Å². The Balaban J connectivity index is -0.0000000353. The van der Waals surface area contributed by atoms with Crippen molar-refractivity contribution in [3.63, 3.8) is 0 Å². The second-order valence-corrected chi connectivity index (χ2v) is 2.65. The molecule has 0 aromatic rings. The van der Waals surface area contributed by atoms with Crippen molar-refractivity contribution < 1.29 is 50.1 Å². The molecule has 0 atom stereocenters. The van der Waals surface area contributed by atoms with Gasteiger partial charge in [-0.1, -0.05) is 0 Å². The molecule has 0 fully saturated rings. The highest BCUT2D eigenvalue weighted by atomic mass is 17.0. The minimum absolute atomic E-state index is 0.597. The summed E-state index contributed by atoms with van der Waals surface area (Å²) in [5.41, 5.74) is 9.81. The fraction of sp³-hybridized carbons (Fsp3) is 0.600. The van der Waals surface area contributed by atoms with Gasteiger partial charge in [0.15, 0.2) is 0 Å². The van der Waals surface area contributed by atoms with Crippen molar-refractivity contribution in [1.29, 1.82) is 0 Å². The minimum Gasteiger partial charge on any atom is -0.481 e. The maximum absolute atomic E-state index is 9.00. The van der Waals surface area contributed by atoms with Crippen LogP contribution in [0.3, 0.4) is 0 Å². The summed E-state index contributed by atoms with van der Waals surface area (Å²) in [6, 6.07) is 0. The first kappa shape index (κ1) is 36.7. The number of carbonyl (C=O) groups is 4. The van der Waals surface area contributed by atoms with Crippen molar-refractivity contribution in [1.82, 2.24) is 0 Å². The lowest BCUT2D eigenvalue weighted by molar-refractivity contribution is -0.176. The molecule has 0 spiro atoms. The Morgan fingerprint density at radius 2 is 0.636 bits per heavy atom. The van der Waals surface area contributed by atoms with Crippen LogP contribution in [0.15, 0.2) is 0 Å². The van der Waals surface area contributed by atoms with Gasteiger partial charge in [-0.2, -0.15) is 0 Å². The first-order chi connectivity index (χ1) is 9.84. The Morgan fingerprint density at radius 3 is 0.636 bits per heavy atom. The van der Waals surface area contributed by atoms with Crippen LogP contribution in [0, 0.1) is 0 Å². The van der Waals surface area contributed by atoms with Gasteiger partial charge in [0, 0.05) is 40.8 Å². The van der Waals surface area contributed by atoms with Gasteiger partial charge in [-0.3, -0.25) is 29.7 Å². The van der Waals surface area contributed by atoms with Crippen molar-refractivity contribution in [2.24, 2.45) is 11.5 Å². The Kier molecular flexibility index (Phi) is 71.4. The molecule has 10 N–H and O–H groups in total. The van der Waals surface area contributed by atoms with Crippen LogP contribution in [-0.2, 0) is 19.2 Å². The zero-order valence-electron chi connectivity index (χ0n) is 12.9. The number of carboxylic acid groups (broad SMARTS) is 4. The summed E-state index contributed by atoms with van der Waals surface area (Å²) < 4.78 is 0. The van der Waals surface area contributed by atoms with Gasteiger partial charge in [-0.15, -0.1) is 0 Å². The number of nitrogens with two attached hydrogens (primary N) is 2. The molecule has 0 heterocycles. The van der Waals surface area contributed by atoms with Crippen molar-refractivity contribution in [3.05, 3.63) is 0 Å². The summed E-state index contributed by atoms with van der Waals surface area (Å²) >= 11 is 0. The Hall–Kier alpha value is -2.28. The summed E-state index contributed by atoms with van der Waals surface area (Å²) in [6.07, 6.45) is 0. The second kappa shape index (κ2) is 42.8. The number of aliphatic carboxylic acids is 4. The third kappa shape index (κ3) is 3020. The van der Waals surface area contributed by atoms with Crippen LogP contribution >= 0.6 is 0 Å². The standard InChI is InChI=1S/C2H8N2.4C2H4O2.H2O2/c3-1-2-4;4*1-2(3)4;1-2/h1-4H2;4*1H3,(H,3,4);1-2H. The first-order valence-electron chi connectivity index (χ1n) is 5.23. The average molecular weight is 334 g/mol. The molecule has 0 aliphatic heterocycles. The van der Waals surface area contributed by atoms with Gasteiger partial charge in [0.1, 0.15) is 0 Å². The van der Waals surface area contributed by atoms with Crippen LogP contribution in [0.2, 0.25) is 0 Å². The monoisotopic (exact) mass is 334 g/mol. The predicted octanol–water partition coefficient (Wildman–Crippen LogP) is -0.715. The van der Waals surface area contributed by atoms with Crippen LogP contribution in [0.5, 0.6) is 0 Å². The van der Waals surface area contributed by atoms with E-state index in [1.54, 1.807) is 0 Å². The number of carboxylic acids is 4. The summed E-state index contributed by atoms with van der Waals surface area (Å²) in [4.78, 5) is 36.0. The fourth-order valence-electron chi connectivity index (χ4n) is 0. The van der Waals surface area contributed by atoms with Crippen LogP contribution < -0.4 is 11.5 Å². The second-order valence-electron chi connectivity index (χ2n) is 2.65. The maximum Gasteiger partial charge on any atom is 0.300 e. The molecule has 0 bridgehead atoms. The first-order valence-corrected chi connectivity index (χ1v) is 5.23. The van der Waals surface area contributed by atoms with E-state index < -0.39 is 23.9 Å². The van der Waals surface area contributed by atoms with Crippen molar-refractivity contribution in [2.45, 2.75) is 27.7 Å². The summed E-state index contributed by atoms with van der Waals surface area (Å²) in [5, 5.41) is 41.7. The van der Waals surface area contributed by atoms with E-state index in [9.17, 15) is 0 Å². The van der Waals surface area contributed by atoms with Gasteiger partial charge >= 0.3 is 0 Å². The highest BCUT2D eigenvalue weighted by Gasteiger charge is 1.66. The molecule has 12 heteroatoms. The van der Waals surface area contributed by atoms with Gasteiger partial charge < -0.3 is 31.9 Å². The van der Waals surface area contributed by atoms with Gasteiger partial charge in [-0.25, -0.2) is 0 Å². The van der Waals surface area contributed by atoms with E-state index in [0.29, 0.717) is 13.1 Å². The van der Waals surface area contributed by atoms with E-state index in [4.69, 9.17) is 61.6 Å². The Bertz CT molecular complexity index is 192. The van der Waals surface area contributed by atoms with Gasteiger partial charge in [-0.05, 0) is 0 Å². The third-order valence-corrected chi connectivity index (χ3v) is 0.167. The maximum atomic E-state index is 9.00. The van der Waals surface area contributed by atoms with Gasteiger partial charge in [0.2, 0.25) is 0 Å². The lowest BCUT2D eigenvalue weighted by Crippen LogP contribution is -2.11. The highest BCUT2D eigenvalue weighted by molar-refractivity contribution is 5.63. The molecule has 0 radical (unpaired) electrons. The highest BCUT2D eigenvalue weighted by Crippen LogP contribution is 1.43. The normalized spacial score (nSPS) is 6.18. The lowest BCUT2D eigenvalue weighted by Gasteiger charge is -1.72. The van der Waals surface area contributed by atoms with Crippen molar-refractivity contribution in [3.8, 4) is 0 Å². The van der Waals surface area contributed by atoms with E-state index in [2.05, 4.69) is 0 Å². The molecule has 0 aromatic heterocycles. The molecule has 0 aromatic carbocycles. The van der Waals surface area contributed by atoms with E-state index in [0.717, 1.165) is 27.7 Å². The molecule has 0 saturated heterocycles. The lowest BCUT2D eigenvalue weighted by atomic mass is 10.7. The largest absolute Gasteiger partial charge is 0.481 e. The Morgan fingerprint density at radius 1 is 0.591 bits per heavy atom. The van der Waals surface area contributed by atoms with Gasteiger partial charge in [0.25, 0.3) is 23.9 Å². The molecular formula is C10H26N2O10. The topological polar surface area (TPSA) is 242 Å². The molecule has 0 aliphatic carbocycles. The quantitative estimate of drug-likeness (QED) is 0.219. The molecule has 136 valence electrons. The number of hydrogen-bond donors (Lipinski definition) is 8. The molecule has 0 aliphatic rings. The van der Waals surface area contributed by atoms with Crippen molar-refractivity contribution in [2.75, 3.05) is 13.1 Å². The van der Waals surface area contributed by atoms with Crippen LogP contribution in [-0.4, -0.2) is 67.9 Å². The number of hydrogen-bond acceptors (Lipinski definition) is 8. The van der Waals surface area contributed by atoms with E-state index in [1.807, 2.05) is 0 Å².